The van der Waals surface area contributed by atoms with E-state index in [0.29, 0.717) is 28.6 Å². The lowest BCUT2D eigenvalue weighted by molar-refractivity contribution is 0.103. The van der Waals surface area contributed by atoms with Crippen LogP contribution in [0.4, 0.5) is 0 Å². The smallest absolute Gasteiger partial charge is 0.223 e. The molecule has 26 heavy (non-hydrogen) atoms. The van der Waals surface area contributed by atoms with E-state index in [1.165, 1.54) is 0 Å². The van der Waals surface area contributed by atoms with Gasteiger partial charge >= 0.3 is 0 Å². The molecule has 2 aromatic carbocycles. The number of hydrogen-bond acceptors (Lipinski definition) is 3. The Morgan fingerprint density at radius 2 is 1.81 bits per heavy atom. The molecule has 0 N–H and O–H groups in total. The molecular formula is C21H21ClN2O2. The fourth-order valence-corrected chi connectivity index (χ4v) is 3.11. The molecule has 0 spiro atoms. The van der Waals surface area contributed by atoms with Crippen molar-refractivity contribution in [2.24, 2.45) is 7.05 Å². The lowest BCUT2D eigenvalue weighted by Crippen LogP contribution is -2.09. The Labute approximate surface area is 158 Å². The highest BCUT2D eigenvalue weighted by Gasteiger charge is 2.22. The van der Waals surface area contributed by atoms with Gasteiger partial charge in [0.05, 0.1) is 6.20 Å². The quantitative estimate of drug-likeness (QED) is 0.607. The van der Waals surface area contributed by atoms with Crippen LogP contribution in [-0.4, -0.2) is 15.6 Å². The molecule has 0 saturated carbocycles. The maximum atomic E-state index is 13.2. The number of halogens is 1. The first-order valence-corrected chi connectivity index (χ1v) is 8.77. The van der Waals surface area contributed by atoms with Crippen LogP contribution in [0, 0.1) is 20.8 Å². The van der Waals surface area contributed by atoms with Crippen LogP contribution in [0.1, 0.15) is 38.2 Å². The third-order valence-electron chi connectivity index (χ3n) is 4.59. The molecule has 0 atom stereocenters. The maximum absolute atomic E-state index is 13.2. The van der Waals surface area contributed by atoms with Crippen LogP contribution in [0.25, 0.3) is 0 Å². The summed E-state index contributed by atoms with van der Waals surface area (Å²) >= 11 is 6.31. The minimum absolute atomic E-state index is 0.110. The summed E-state index contributed by atoms with van der Waals surface area (Å²) in [6, 6.07) is 11.7. The summed E-state index contributed by atoms with van der Waals surface area (Å²) < 4.78 is 7.50. The van der Waals surface area contributed by atoms with Gasteiger partial charge in [-0.25, -0.2) is 4.68 Å². The predicted octanol–water partition coefficient (Wildman–Crippen LogP) is 4.81. The summed E-state index contributed by atoms with van der Waals surface area (Å²) in [6.45, 7) is 6.12. The SMILES string of the molecule is Cc1cc(C(=O)c2cnn(C)c2OCc2ccccc2)c(C)c(C)c1Cl. The number of aromatic nitrogens is 2. The number of aryl methyl sites for hydroxylation is 2. The van der Waals surface area contributed by atoms with Crippen molar-refractivity contribution >= 4 is 17.4 Å². The molecule has 3 rings (SSSR count). The van der Waals surface area contributed by atoms with Crippen LogP contribution in [0.3, 0.4) is 0 Å². The molecular weight excluding hydrogens is 348 g/mol. The lowest BCUT2D eigenvalue weighted by Gasteiger charge is -2.13. The van der Waals surface area contributed by atoms with E-state index in [1.807, 2.05) is 57.2 Å². The fourth-order valence-electron chi connectivity index (χ4n) is 2.91. The Balaban J connectivity index is 1.94. The van der Waals surface area contributed by atoms with Gasteiger partial charge < -0.3 is 4.74 Å². The lowest BCUT2D eigenvalue weighted by atomic mass is 9.95. The molecule has 1 aromatic heterocycles. The number of carbonyl (C=O) groups excluding carboxylic acids is 1. The van der Waals surface area contributed by atoms with Crippen LogP contribution in [0.2, 0.25) is 5.02 Å². The second-order valence-corrected chi connectivity index (χ2v) is 6.77. The first kappa shape index (κ1) is 18.2. The number of nitrogens with zero attached hydrogens (tertiary/aromatic N) is 2. The number of ketones is 1. The second-order valence-electron chi connectivity index (χ2n) is 6.40. The van der Waals surface area contributed by atoms with Crippen molar-refractivity contribution in [3.05, 3.63) is 81.0 Å². The van der Waals surface area contributed by atoms with Crippen LogP contribution in [0.15, 0.2) is 42.6 Å². The third kappa shape index (κ3) is 3.37. The molecule has 0 bridgehead atoms. The van der Waals surface area contributed by atoms with E-state index in [4.69, 9.17) is 16.3 Å². The normalized spacial score (nSPS) is 10.8. The van der Waals surface area contributed by atoms with Gasteiger partial charge in [0.2, 0.25) is 5.88 Å². The van der Waals surface area contributed by atoms with E-state index >= 15 is 0 Å². The first-order valence-electron chi connectivity index (χ1n) is 8.40. The van der Waals surface area contributed by atoms with Crippen molar-refractivity contribution in [3.63, 3.8) is 0 Å². The van der Waals surface area contributed by atoms with E-state index in [-0.39, 0.29) is 5.78 Å². The van der Waals surface area contributed by atoms with E-state index in [9.17, 15) is 4.79 Å². The van der Waals surface area contributed by atoms with Gasteiger partial charge in [-0.05, 0) is 49.1 Å². The molecule has 5 heteroatoms. The Morgan fingerprint density at radius 3 is 2.50 bits per heavy atom. The third-order valence-corrected chi connectivity index (χ3v) is 5.18. The molecule has 0 aliphatic carbocycles. The van der Waals surface area contributed by atoms with Crippen molar-refractivity contribution in [1.29, 1.82) is 0 Å². The number of hydrogen-bond donors (Lipinski definition) is 0. The highest BCUT2D eigenvalue weighted by Crippen LogP contribution is 2.30. The Bertz CT molecular complexity index is 962. The summed E-state index contributed by atoms with van der Waals surface area (Å²) in [4.78, 5) is 13.2. The Kier molecular flexibility index (Phi) is 5.14. The molecule has 0 aliphatic rings. The molecule has 3 aromatic rings. The molecule has 4 nitrogen and oxygen atoms in total. The van der Waals surface area contributed by atoms with Crippen LogP contribution < -0.4 is 4.74 Å². The number of carbonyl (C=O) groups is 1. The average molecular weight is 369 g/mol. The van der Waals surface area contributed by atoms with Crippen molar-refractivity contribution in [2.75, 3.05) is 0 Å². The first-order chi connectivity index (χ1) is 12.4. The highest BCUT2D eigenvalue weighted by molar-refractivity contribution is 6.32. The summed E-state index contributed by atoms with van der Waals surface area (Å²) in [6.07, 6.45) is 1.56. The molecule has 0 unspecified atom stereocenters. The van der Waals surface area contributed by atoms with E-state index < -0.39 is 0 Å². The molecule has 0 saturated heterocycles. The van der Waals surface area contributed by atoms with Crippen molar-refractivity contribution in [3.8, 4) is 5.88 Å². The van der Waals surface area contributed by atoms with Gasteiger partial charge in [-0.2, -0.15) is 5.10 Å². The summed E-state index contributed by atoms with van der Waals surface area (Å²) in [5.41, 5.74) is 4.79. The Hall–Kier alpha value is -2.59. The van der Waals surface area contributed by atoms with Gasteiger partial charge in [-0.1, -0.05) is 41.9 Å². The number of ether oxygens (including phenoxy) is 1. The van der Waals surface area contributed by atoms with Gasteiger partial charge in [-0.3, -0.25) is 4.79 Å². The number of benzene rings is 2. The van der Waals surface area contributed by atoms with Gasteiger partial charge in [0.1, 0.15) is 12.2 Å². The molecule has 0 amide bonds. The average Bonchev–Trinajstić information content (AvgIpc) is 3.02. The molecule has 0 radical (unpaired) electrons. The maximum Gasteiger partial charge on any atom is 0.223 e. The largest absolute Gasteiger partial charge is 0.472 e. The zero-order valence-electron chi connectivity index (χ0n) is 15.3. The fraction of sp³-hybridized carbons (Fsp3) is 0.238. The molecule has 1 heterocycles. The monoisotopic (exact) mass is 368 g/mol. The van der Waals surface area contributed by atoms with Crippen molar-refractivity contribution < 1.29 is 9.53 Å². The second kappa shape index (κ2) is 7.34. The predicted molar refractivity (Wildman–Crippen MR) is 103 cm³/mol. The van der Waals surface area contributed by atoms with Crippen molar-refractivity contribution in [2.45, 2.75) is 27.4 Å². The zero-order valence-corrected chi connectivity index (χ0v) is 16.1. The topological polar surface area (TPSA) is 44.1 Å². The van der Waals surface area contributed by atoms with Gasteiger partial charge in [0.25, 0.3) is 0 Å². The van der Waals surface area contributed by atoms with Crippen LogP contribution >= 0.6 is 11.6 Å². The minimum Gasteiger partial charge on any atom is -0.472 e. The minimum atomic E-state index is -0.110. The molecule has 134 valence electrons. The van der Waals surface area contributed by atoms with Crippen LogP contribution in [-0.2, 0) is 13.7 Å². The van der Waals surface area contributed by atoms with E-state index in [2.05, 4.69) is 5.10 Å². The summed E-state index contributed by atoms with van der Waals surface area (Å²) in [7, 11) is 1.77. The van der Waals surface area contributed by atoms with Crippen LogP contribution in [0.5, 0.6) is 5.88 Å². The number of rotatable bonds is 5. The summed E-state index contributed by atoms with van der Waals surface area (Å²) in [5.74, 6) is 0.352. The highest BCUT2D eigenvalue weighted by atomic mass is 35.5. The molecule has 0 aliphatic heterocycles. The van der Waals surface area contributed by atoms with Gasteiger partial charge in [-0.15, -0.1) is 0 Å². The Morgan fingerprint density at radius 1 is 1.12 bits per heavy atom. The van der Waals surface area contributed by atoms with E-state index in [1.54, 1.807) is 17.9 Å². The van der Waals surface area contributed by atoms with Crippen molar-refractivity contribution in [1.82, 2.24) is 9.78 Å². The van der Waals surface area contributed by atoms with Gasteiger partial charge in [0, 0.05) is 17.6 Å². The molecule has 0 fully saturated rings. The van der Waals surface area contributed by atoms with E-state index in [0.717, 1.165) is 22.3 Å². The standard InChI is InChI=1S/C21H21ClN2O2/c1-13-10-17(14(2)15(3)19(13)22)20(25)18-11-23-24(4)21(18)26-12-16-8-6-5-7-9-16/h5-11H,12H2,1-4H3. The van der Waals surface area contributed by atoms with Gasteiger partial charge in [0.15, 0.2) is 5.78 Å². The zero-order chi connectivity index (χ0) is 18.8. The summed E-state index contributed by atoms with van der Waals surface area (Å²) in [5, 5.41) is 4.91.